The number of nitrogens with two attached hydrogens (primary N) is 1. The SMILES string of the molecule is CC1C(=O)NCCN1c1nc(NN)c(Cl)cc1Cl. The Bertz CT molecular complexity index is 482. The maximum atomic E-state index is 11.6. The van der Waals surface area contributed by atoms with Crippen molar-refractivity contribution in [1.82, 2.24) is 10.3 Å². The number of nitrogens with zero attached hydrogens (tertiary/aromatic N) is 2. The van der Waals surface area contributed by atoms with Gasteiger partial charge in [-0.1, -0.05) is 23.2 Å². The highest BCUT2D eigenvalue weighted by Gasteiger charge is 2.28. The Morgan fingerprint density at radius 1 is 1.56 bits per heavy atom. The van der Waals surface area contributed by atoms with E-state index in [0.29, 0.717) is 34.8 Å². The van der Waals surface area contributed by atoms with E-state index >= 15 is 0 Å². The molecule has 18 heavy (non-hydrogen) atoms. The minimum atomic E-state index is -0.337. The molecule has 2 rings (SSSR count). The maximum Gasteiger partial charge on any atom is 0.242 e. The smallest absolute Gasteiger partial charge is 0.242 e. The summed E-state index contributed by atoms with van der Waals surface area (Å²) < 4.78 is 0. The van der Waals surface area contributed by atoms with Crippen LogP contribution < -0.4 is 21.5 Å². The Balaban J connectivity index is 2.40. The Kier molecular flexibility index (Phi) is 3.79. The van der Waals surface area contributed by atoms with Gasteiger partial charge in [0.1, 0.15) is 6.04 Å². The molecule has 1 fully saturated rings. The van der Waals surface area contributed by atoms with Crippen molar-refractivity contribution in [2.75, 3.05) is 23.4 Å². The number of piperazine rings is 1. The fourth-order valence-corrected chi connectivity index (χ4v) is 2.35. The van der Waals surface area contributed by atoms with Gasteiger partial charge in [-0.15, -0.1) is 0 Å². The first-order chi connectivity index (χ1) is 8.54. The van der Waals surface area contributed by atoms with E-state index in [-0.39, 0.29) is 11.9 Å². The number of anilines is 2. The topological polar surface area (TPSA) is 83.3 Å². The van der Waals surface area contributed by atoms with E-state index in [9.17, 15) is 4.79 Å². The molecule has 4 N–H and O–H groups in total. The van der Waals surface area contributed by atoms with E-state index in [1.165, 1.54) is 0 Å². The van der Waals surface area contributed by atoms with Crippen LogP contribution in [0.2, 0.25) is 10.0 Å². The first-order valence-corrected chi connectivity index (χ1v) is 6.17. The molecule has 6 nitrogen and oxygen atoms in total. The number of halogens is 2. The molecular weight excluding hydrogens is 277 g/mol. The number of nitrogens with one attached hydrogen (secondary N) is 2. The van der Waals surface area contributed by atoms with Gasteiger partial charge in [0.2, 0.25) is 5.91 Å². The van der Waals surface area contributed by atoms with Crippen LogP contribution in [0.1, 0.15) is 6.92 Å². The summed E-state index contributed by atoms with van der Waals surface area (Å²) in [5.41, 5.74) is 2.40. The van der Waals surface area contributed by atoms with E-state index in [1.54, 1.807) is 13.0 Å². The molecule has 1 aromatic rings. The molecule has 1 atom stereocenters. The van der Waals surface area contributed by atoms with Gasteiger partial charge in [-0.3, -0.25) is 4.79 Å². The second-order valence-corrected chi connectivity index (χ2v) is 4.74. The monoisotopic (exact) mass is 289 g/mol. The number of hydrogen-bond donors (Lipinski definition) is 3. The first-order valence-electron chi connectivity index (χ1n) is 5.41. The van der Waals surface area contributed by atoms with Crippen molar-refractivity contribution in [2.24, 2.45) is 5.84 Å². The second kappa shape index (κ2) is 5.17. The molecule has 0 bridgehead atoms. The second-order valence-electron chi connectivity index (χ2n) is 3.93. The van der Waals surface area contributed by atoms with Crippen LogP contribution in [0, 0.1) is 0 Å². The van der Waals surface area contributed by atoms with Crippen molar-refractivity contribution in [2.45, 2.75) is 13.0 Å². The molecule has 1 saturated heterocycles. The van der Waals surface area contributed by atoms with E-state index in [4.69, 9.17) is 29.0 Å². The van der Waals surface area contributed by atoms with E-state index in [0.717, 1.165) is 0 Å². The van der Waals surface area contributed by atoms with Crippen LogP contribution in [0.4, 0.5) is 11.6 Å². The van der Waals surface area contributed by atoms with Crippen LogP contribution in [0.15, 0.2) is 6.07 Å². The highest BCUT2D eigenvalue weighted by molar-refractivity contribution is 6.37. The van der Waals surface area contributed by atoms with Gasteiger partial charge in [0.05, 0.1) is 10.0 Å². The molecule has 0 saturated carbocycles. The molecule has 0 spiro atoms. The van der Waals surface area contributed by atoms with Crippen molar-refractivity contribution in [3.05, 3.63) is 16.1 Å². The molecule has 1 amide bonds. The number of nitrogen functional groups attached to an aromatic ring is 1. The Morgan fingerprint density at radius 2 is 2.28 bits per heavy atom. The lowest BCUT2D eigenvalue weighted by Crippen LogP contribution is -2.54. The number of carbonyl (C=O) groups is 1. The van der Waals surface area contributed by atoms with Gasteiger partial charge in [0.15, 0.2) is 11.6 Å². The molecule has 1 aliphatic heterocycles. The minimum Gasteiger partial charge on any atom is -0.353 e. The number of amides is 1. The number of pyridine rings is 1. The van der Waals surface area contributed by atoms with E-state index < -0.39 is 0 Å². The molecular formula is C10H13Cl2N5O. The van der Waals surface area contributed by atoms with Crippen LogP contribution in [-0.2, 0) is 4.79 Å². The van der Waals surface area contributed by atoms with Gasteiger partial charge in [-0.2, -0.15) is 0 Å². The van der Waals surface area contributed by atoms with E-state index in [1.807, 2.05) is 4.90 Å². The average molecular weight is 290 g/mol. The zero-order valence-electron chi connectivity index (χ0n) is 9.70. The fraction of sp³-hybridized carbons (Fsp3) is 0.400. The molecule has 1 aromatic heterocycles. The summed E-state index contributed by atoms with van der Waals surface area (Å²) in [5, 5.41) is 3.50. The Hall–Kier alpha value is -1.24. The van der Waals surface area contributed by atoms with Crippen molar-refractivity contribution in [3.8, 4) is 0 Å². The number of carbonyl (C=O) groups excluding carboxylic acids is 1. The maximum absolute atomic E-state index is 11.6. The third-order valence-electron chi connectivity index (χ3n) is 2.82. The lowest BCUT2D eigenvalue weighted by atomic mass is 10.2. The average Bonchev–Trinajstić information content (AvgIpc) is 2.34. The van der Waals surface area contributed by atoms with Crippen LogP contribution in [0.5, 0.6) is 0 Å². The summed E-state index contributed by atoms with van der Waals surface area (Å²) in [7, 11) is 0. The number of hydrogen-bond acceptors (Lipinski definition) is 5. The highest BCUT2D eigenvalue weighted by Crippen LogP contribution is 2.32. The molecule has 0 aromatic carbocycles. The van der Waals surface area contributed by atoms with E-state index in [2.05, 4.69) is 15.7 Å². The lowest BCUT2D eigenvalue weighted by molar-refractivity contribution is -0.122. The standard InChI is InChI=1S/C10H13Cl2N5O/c1-5-10(18)14-2-3-17(5)9-7(12)4-6(11)8(15-9)16-13/h4-5H,2-3,13H2,1H3,(H,14,18)(H,15,16). The largest absolute Gasteiger partial charge is 0.353 e. The third-order valence-corrected chi connectivity index (χ3v) is 3.38. The van der Waals surface area contributed by atoms with Gasteiger partial charge in [0, 0.05) is 13.1 Å². The van der Waals surface area contributed by atoms with Gasteiger partial charge >= 0.3 is 0 Å². The number of aromatic nitrogens is 1. The van der Waals surface area contributed by atoms with Crippen molar-refractivity contribution >= 4 is 40.7 Å². The first kappa shape index (κ1) is 13.2. The molecule has 2 heterocycles. The van der Waals surface area contributed by atoms with Crippen LogP contribution in [0.3, 0.4) is 0 Å². The zero-order valence-corrected chi connectivity index (χ0v) is 11.2. The quantitative estimate of drug-likeness (QED) is 0.559. The summed E-state index contributed by atoms with van der Waals surface area (Å²) in [4.78, 5) is 17.7. The zero-order chi connectivity index (χ0) is 13.3. The van der Waals surface area contributed by atoms with Gasteiger partial charge in [0.25, 0.3) is 0 Å². The van der Waals surface area contributed by atoms with Crippen LogP contribution in [-0.4, -0.2) is 30.0 Å². The molecule has 1 aliphatic rings. The highest BCUT2D eigenvalue weighted by atomic mass is 35.5. The fourth-order valence-electron chi connectivity index (χ4n) is 1.83. The summed E-state index contributed by atoms with van der Waals surface area (Å²) in [5.74, 6) is 6.09. The Labute approximate surface area is 114 Å². The minimum absolute atomic E-state index is 0.0590. The summed E-state index contributed by atoms with van der Waals surface area (Å²) >= 11 is 12.0. The van der Waals surface area contributed by atoms with Crippen LogP contribution >= 0.6 is 23.2 Å². The summed E-state index contributed by atoms with van der Waals surface area (Å²) in [6.45, 7) is 2.97. The van der Waals surface area contributed by atoms with Gasteiger partial charge < -0.3 is 15.6 Å². The molecule has 0 aliphatic carbocycles. The van der Waals surface area contributed by atoms with Crippen molar-refractivity contribution in [1.29, 1.82) is 0 Å². The summed E-state index contributed by atoms with van der Waals surface area (Å²) in [6, 6.07) is 1.22. The summed E-state index contributed by atoms with van der Waals surface area (Å²) in [6.07, 6.45) is 0. The molecule has 8 heteroatoms. The van der Waals surface area contributed by atoms with Gasteiger partial charge in [-0.25, -0.2) is 10.8 Å². The molecule has 1 unspecified atom stereocenters. The van der Waals surface area contributed by atoms with Crippen molar-refractivity contribution in [3.63, 3.8) is 0 Å². The molecule has 98 valence electrons. The van der Waals surface area contributed by atoms with Gasteiger partial charge in [-0.05, 0) is 13.0 Å². The predicted octanol–water partition coefficient (Wildman–Crippen LogP) is 0.999. The molecule has 0 radical (unpaired) electrons. The third kappa shape index (κ3) is 2.31. The number of rotatable bonds is 2. The number of hydrazine groups is 1. The lowest BCUT2D eigenvalue weighted by Gasteiger charge is -2.34. The predicted molar refractivity (Wildman–Crippen MR) is 71.9 cm³/mol. The van der Waals surface area contributed by atoms with Crippen molar-refractivity contribution < 1.29 is 4.79 Å². The Morgan fingerprint density at radius 3 is 2.94 bits per heavy atom. The van der Waals surface area contributed by atoms with Crippen LogP contribution in [0.25, 0.3) is 0 Å². The normalized spacial score (nSPS) is 19.7.